The first kappa shape index (κ1) is 14.2. The Bertz CT molecular complexity index is 276. The van der Waals surface area contributed by atoms with Crippen LogP contribution in [0.2, 0.25) is 0 Å². The minimum atomic E-state index is -0.236. The van der Waals surface area contributed by atoms with E-state index in [9.17, 15) is 4.79 Å². The molecule has 0 bridgehead atoms. The van der Waals surface area contributed by atoms with Gasteiger partial charge in [-0.2, -0.15) is 0 Å². The first-order valence-electron chi connectivity index (χ1n) is 6.79. The van der Waals surface area contributed by atoms with Crippen molar-refractivity contribution in [1.82, 2.24) is 0 Å². The van der Waals surface area contributed by atoms with Crippen LogP contribution in [0.4, 0.5) is 0 Å². The van der Waals surface area contributed by atoms with Gasteiger partial charge in [-0.05, 0) is 26.7 Å². The van der Waals surface area contributed by atoms with Gasteiger partial charge in [-0.1, -0.05) is 33.1 Å². The van der Waals surface area contributed by atoms with Crippen LogP contribution < -0.4 is 0 Å². The van der Waals surface area contributed by atoms with E-state index in [0.29, 0.717) is 11.8 Å². The van der Waals surface area contributed by atoms with Gasteiger partial charge in [-0.25, -0.2) is 4.79 Å². The zero-order chi connectivity index (χ0) is 12.8. The fraction of sp³-hybridized carbons (Fsp3) is 0.857. The zero-order valence-electron chi connectivity index (χ0n) is 11.5. The van der Waals surface area contributed by atoms with E-state index in [2.05, 4.69) is 4.99 Å². The van der Waals surface area contributed by atoms with Gasteiger partial charge >= 0.3 is 5.97 Å². The highest BCUT2D eigenvalue weighted by atomic mass is 16.5. The minimum absolute atomic E-state index is 0.0715. The lowest BCUT2D eigenvalue weighted by Gasteiger charge is -2.20. The van der Waals surface area contributed by atoms with Crippen LogP contribution in [0.3, 0.4) is 0 Å². The Morgan fingerprint density at radius 3 is 2.18 bits per heavy atom. The van der Waals surface area contributed by atoms with Crippen molar-refractivity contribution < 1.29 is 9.53 Å². The van der Waals surface area contributed by atoms with E-state index >= 15 is 0 Å². The SMILES string of the molecule is CC(C)OC(=O)C(=NC1CCCCC1)C(C)C. The highest BCUT2D eigenvalue weighted by Gasteiger charge is 2.21. The van der Waals surface area contributed by atoms with Gasteiger partial charge < -0.3 is 4.74 Å². The van der Waals surface area contributed by atoms with Crippen LogP contribution in [0.1, 0.15) is 59.8 Å². The smallest absolute Gasteiger partial charge is 0.352 e. The number of hydrogen-bond donors (Lipinski definition) is 0. The van der Waals surface area contributed by atoms with Crippen LogP contribution in [-0.2, 0) is 9.53 Å². The molecule has 0 aromatic carbocycles. The number of ether oxygens (including phenoxy) is 1. The summed E-state index contributed by atoms with van der Waals surface area (Å²) in [6.07, 6.45) is 5.94. The zero-order valence-corrected chi connectivity index (χ0v) is 11.5. The Morgan fingerprint density at radius 1 is 1.12 bits per heavy atom. The molecule has 0 amide bonds. The third-order valence-corrected chi connectivity index (χ3v) is 3.00. The van der Waals surface area contributed by atoms with Gasteiger partial charge in [0.25, 0.3) is 0 Å². The second-order valence-corrected chi connectivity index (χ2v) is 5.41. The summed E-state index contributed by atoms with van der Waals surface area (Å²) in [5.74, 6) is -0.0938. The summed E-state index contributed by atoms with van der Waals surface area (Å²) in [6, 6.07) is 0.334. The number of nitrogens with zero attached hydrogens (tertiary/aromatic N) is 1. The molecule has 0 heterocycles. The van der Waals surface area contributed by atoms with Crippen molar-refractivity contribution in [2.75, 3.05) is 0 Å². The summed E-state index contributed by atoms with van der Waals surface area (Å²) in [6.45, 7) is 7.75. The molecule has 1 aliphatic carbocycles. The quantitative estimate of drug-likeness (QED) is 0.557. The van der Waals surface area contributed by atoms with Crippen LogP contribution in [-0.4, -0.2) is 23.8 Å². The van der Waals surface area contributed by atoms with Crippen molar-refractivity contribution in [2.45, 2.75) is 71.9 Å². The van der Waals surface area contributed by atoms with Crippen molar-refractivity contribution in [2.24, 2.45) is 10.9 Å². The summed E-state index contributed by atoms with van der Waals surface area (Å²) in [5, 5.41) is 0. The van der Waals surface area contributed by atoms with Gasteiger partial charge in [0.2, 0.25) is 0 Å². The molecule has 17 heavy (non-hydrogen) atoms. The van der Waals surface area contributed by atoms with Gasteiger partial charge in [-0.3, -0.25) is 4.99 Å². The Morgan fingerprint density at radius 2 is 1.71 bits per heavy atom. The molecule has 0 spiro atoms. The third kappa shape index (κ3) is 4.88. The number of rotatable bonds is 4. The summed E-state index contributed by atoms with van der Waals surface area (Å²) in [5.41, 5.74) is 0.616. The molecule has 1 fully saturated rings. The highest BCUT2D eigenvalue weighted by molar-refractivity contribution is 6.37. The summed E-state index contributed by atoms with van der Waals surface area (Å²) in [4.78, 5) is 16.5. The van der Waals surface area contributed by atoms with E-state index in [1.54, 1.807) is 0 Å². The molecular formula is C14H25NO2. The summed E-state index contributed by atoms with van der Waals surface area (Å²) in [7, 11) is 0. The standard InChI is InChI=1S/C14H25NO2/c1-10(2)13(14(16)17-11(3)4)15-12-8-6-5-7-9-12/h10-12H,5-9H2,1-4H3. The second-order valence-electron chi connectivity index (χ2n) is 5.41. The lowest BCUT2D eigenvalue weighted by atomic mass is 9.95. The van der Waals surface area contributed by atoms with Crippen LogP contribution in [0.5, 0.6) is 0 Å². The molecule has 0 unspecified atom stereocenters. The molecule has 0 aliphatic heterocycles. The highest BCUT2D eigenvalue weighted by Crippen LogP contribution is 2.21. The second kappa shape index (κ2) is 6.77. The van der Waals surface area contributed by atoms with Crippen LogP contribution >= 0.6 is 0 Å². The number of hydrogen-bond acceptors (Lipinski definition) is 3. The van der Waals surface area contributed by atoms with Gasteiger partial charge in [-0.15, -0.1) is 0 Å². The molecule has 0 saturated heterocycles. The summed E-state index contributed by atoms with van der Waals surface area (Å²) < 4.78 is 5.25. The molecule has 1 saturated carbocycles. The van der Waals surface area contributed by atoms with Gasteiger partial charge in [0.15, 0.2) is 0 Å². The molecule has 0 N–H and O–H groups in total. The van der Waals surface area contributed by atoms with E-state index < -0.39 is 0 Å². The Hall–Kier alpha value is -0.860. The Kier molecular flexibility index (Phi) is 5.66. The minimum Gasteiger partial charge on any atom is -0.458 e. The molecule has 3 heteroatoms. The van der Waals surface area contributed by atoms with Gasteiger partial charge in [0.1, 0.15) is 5.71 Å². The molecule has 98 valence electrons. The van der Waals surface area contributed by atoms with E-state index in [1.807, 2.05) is 27.7 Å². The average Bonchev–Trinajstić information content (AvgIpc) is 2.25. The maximum Gasteiger partial charge on any atom is 0.352 e. The molecule has 0 radical (unpaired) electrons. The van der Waals surface area contributed by atoms with Crippen molar-refractivity contribution >= 4 is 11.7 Å². The van der Waals surface area contributed by atoms with Crippen molar-refractivity contribution in [1.29, 1.82) is 0 Å². The maximum atomic E-state index is 11.9. The third-order valence-electron chi connectivity index (χ3n) is 3.00. The van der Waals surface area contributed by atoms with Crippen molar-refractivity contribution in [3.8, 4) is 0 Å². The monoisotopic (exact) mass is 239 g/mol. The predicted octanol–water partition coefficient (Wildman–Crippen LogP) is 3.37. The van der Waals surface area contributed by atoms with E-state index in [0.717, 1.165) is 12.8 Å². The van der Waals surface area contributed by atoms with Gasteiger partial charge in [0, 0.05) is 5.92 Å². The average molecular weight is 239 g/mol. The normalized spacial score (nSPS) is 18.8. The molecule has 1 aliphatic rings. The van der Waals surface area contributed by atoms with E-state index in [-0.39, 0.29) is 18.0 Å². The van der Waals surface area contributed by atoms with Crippen LogP contribution in [0.25, 0.3) is 0 Å². The largest absolute Gasteiger partial charge is 0.458 e. The van der Waals surface area contributed by atoms with E-state index in [4.69, 9.17) is 4.74 Å². The maximum absolute atomic E-state index is 11.9. The lowest BCUT2D eigenvalue weighted by molar-refractivity contribution is -0.139. The first-order chi connectivity index (χ1) is 8.00. The molecule has 0 aromatic heterocycles. The lowest BCUT2D eigenvalue weighted by Crippen LogP contribution is -2.27. The van der Waals surface area contributed by atoms with E-state index in [1.165, 1.54) is 19.3 Å². The van der Waals surface area contributed by atoms with Gasteiger partial charge in [0.05, 0.1) is 12.1 Å². The fourth-order valence-corrected chi connectivity index (χ4v) is 2.12. The Labute approximate surface area is 105 Å². The van der Waals surface area contributed by atoms with Crippen molar-refractivity contribution in [3.63, 3.8) is 0 Å². The number of aliphatic imine (C=N–C) groups is 1. The van der Waals surface area contributed by atoms with Crippen LogP contribution in [0, 0.1) is 5.92 Å². The van der Waals surface area contributed by atoms with Crippen molar-refractivity contribution in [3.05, 3.63) is 0 Å². The predicted molar refractivity (Wildman–Crippen MR) is 70.4 cm³/mol. The van der Waals surface area contributed by atoms with Crippen LogP contribution in [0.15, 0.2) is 4.99 Å². The number of carbonyl (C=O) groups is 1. The molecule has 0 atom stereocenters. The molecular weight excluding hydrogens is 214 g/mol. The summed E-state index contributed by atoms with van der Waals surface area (Å²) >= 11 is 0. The number of carbonyl (C=O) groups excluding carboxylic acids is 1. The fourth-order valence-electron chi connectivity index (χ4n) is 2.12. The number of esters is 1. The molecule has 1 rings (SSSR count). The molecule has 3 nitrogen and oxygen atoms in total. The topological polar surface area (TPSA) is 38.7 Å². The Balaban J connectivity index is 2.69. The first-order valence-corrected chi connectivity index (χ1v) is 6.79. The molecule has 0 aromatic rings.